The molecular weight excluding hydrogens is 100 g/mol. The van der Waals surface area contributed by atoms with Gasteiger partial charge in [0.1, 0.15) is 0 Å². The van der Waals surface area contributed by atoms with Gasteiger partial charge in [-0.05, 0) is 6.42 Å². The number of aryl methyl sites for hydroxylation is 1. The summed E-state index contributed by atoms with van der Waals surface area (Å²) in [7, 11) is 0. The van der Waals surface area contributed by atoms with Crippen LogP contribution in [0.25, 0.3) is 0 Å². The average molecular weight is 111 g/mol. The molecule has 1 heterocycles. The Balaban J connectivity index is 3.21. The second kappa shape index (κ2) is 2.40. The smallest absolute Gasteiger partial charge is 0.0860 e. The van der Waals surface area contributed by atoms with Crippen molar-refractivity contribution in [3.05, 3.63) is 24.2 Å². The molecule has 0 unspecified atom stereocenters. The maximum atomic E-state index is 7.23. The van der Waals surface area contributed by atoms with E-state index < -0.39 is 0 Å². The molecule has 0 aliphatic rings. The van der Waals surface area contributed by atoms with Crippen LogP contribution in [0.2, 0.25) is 0 Å². The van der Waals surface area contributed by atoms with Gasteiger partial charge in [0.05, 0.1) is 9.81 Å². The van der Waals surface area contributed by atoms with Gasteiger partial charge < -0.3 is 0 Å². The van der Waals surface area contributed by atoms with Crippen LogP contribution in [-0.4, -0.2) is 9.97 Å². The van der Waals surface area contributed by atoms with Crippen molar-refractivity contribution >= 4 is 0 Å². The van der Waals surface area contributed by atoms with Crippen molar-refractivity contribution in [2.45, 2.75) is 13.3 Å². The molecule has 2 heteroatoms. The van der Waals surface area contributed by atoms with Gasteiger partial charge in [-0.15, -0.1) is 0 Å². The summed E-state index contributed by atoms with van der Waals surface area (Å²) >= 11 is 0. The van der Waals surface area contributed by atoms with Crippen molar-refractivity contribution in [2.75, 3.05) is 0 Å². The highest BCUT2D eigenvalue weighted by molar-refractivity contribution is 4.92. The maximum Gasteiger partial charge on any atom is 0.0860 e. The highest BCUT2D eigenvalue weighted by Gasteiger charge is 1.82. The first-order valence-corrected chi connectivity index (χ1v) is 2.46. The van der Waals surface area contributed by atoms with Crippen molar-refractivity contribution in [3.8, 4) is 0 Å². The summed E-state index contributed by atoms with van der Waals surface area (Å²) in [6, 6.07) is 0. The minimum atomic E-state index is -0.229. The first-order valence-electron chi connectivity index (χ1n) is 3.96. The van der Waals surface area contributed by atoms with Crippen LogP contribution in [0.4, 0.5) is 0 Å². The van der Waals surface area contributed by atoms with Crippen LogP contribution in [0, 0.1) is 0 Å². The minimum absolute atomic E-state index is 0.00787. The van der Waals surface area contributed by atoms with Gasteiger partial charge in [0.15, 0.2) is 0 Å². The zero-order valence-corrected chi connectivity index (χ0v) is 4.60. The van der Waals surface area contributed by atoms with E-state index in [1.807, 2.05) is 6.92 Å². The predicted molar refractivity (Wildman–Crippen MR) is 31.4 cm³/mol. The van der Waals surface area contributed by atoms with Gasteiger partial charge in [-0.1, -0.05) is 6.92 Å². The lowest BCUT2D eigenvalue weighted by Crippen LogP contribution is -1.84. The van der Waals surface area contributed by atoms with Crippen LogP contribution in [0.1, 0.15) is 16.7 Å². The molecular formula is C6H8N2. The highest BCUT2D eigenvalue weighted by Crippen LogP contribution is 1.87. The van der Waals surface area contributed by atoms with Crippen LogP contribution >= 0.6 is 0 Å². The van der Waals surface area contributed by atoms with Crippen molar-refractivity contribution in [3.63, 3.8) is 0 Å². The van der Waals surface area contributed by atoms with Gasteiger partial charge in [0.25, 0.3) is 0 Å². The minimum Gasteiger partial charge on any atom is -0.261 e. The Bertz CT molecular complexity index is 275. The van der Waals surface area contributed by atoms with Gasteiger partial charge >= 0.3 is 0 Å². The van der Waals surface area contributed by atoms with E-state index in [-0.39, 0.29) is 18.5 Å². The molecule has 0 radical (unpaired) electrons. The third-order valence-electron chi connectivity index (χ3n) is 0.817. The lowest BCUT2D eigenvalue weighted by molar-refractivity contribution is 1.000. The molecule has 0 atom stereocenters. The third-order valence-corrected chi connectivity index (χ3v) is 0.817. The van der Waals surface area contributed by atoms with E-state index in [0.717, 1.165) is 0 Å². The number of rotatable bonds is 1. The molecule has 0 bridgehead atoms. The van der Waals surface area contributed by atoms with E-state index >= 15 is 0 Å². The zero-order valence-electron chi connectivity index (χ0n) is 7.60. The predicted octanol–water partition coefficient (Wildman–Crippen LogP) is 1.04. The van der Waals surface area contributed by atoms with Crippen molar-refractivity contribution in [1.29, 1.82) is 0 Å². The second-order valence-electron chi connectivity index (χ2n) is 1.36. The first kappa shape index (κ1) is 2.58. The van der Waals surface area contributed by atoms with E-state index in [1.165, 1.54) is 0 Å². The maximum absolute atomic E-state index is 7.23. The van der Waals surface area contributed by atoms with Gasteiger partial charge in [0, 0.05) is 18.5 Å². The van der Waals surface area contributed by atoms with Gasteiger partial charge in [-0.3, -0.25) is 9.97 Å². The third kappa shape index (κ3) is 1.03. The van der Waals surface area contributed by atoms with Gasteiger partial charge in [-0.25, -0.2) is 0 Å². The molecule has 0 aromatic carbocycles. The Hall–Kier alpha value is -0.920. The van der Waals surface area contributed by atoms with E-state index in [1.54, 1.807) is 0 Å². The molecule has 0 saturated carbocycles. The molecule has 0 N–H and O–H groups in total. The Morgan fingerprint density at radius 2 is 2.62 bits per heavy atom. The molecule has 0 fully saturated rings. The monoisotopic (exact) mass is 111 g/mol. The summed E-state index contributed by atoms with van der Waals surface area (Å²) in [6.07, 6.45) is 0.205. The van der Waals surface area contributed by atoms with Crippen molar-refractivity contribution < 1.29 is 4.11 Å². The molecule has 0 aliphatic carbocycles. The summed E-state index contributed by atoms with van der Waals surface area (Å²) < 4.78 is 21.4. The molecule has 8 heavy (non-hydrogen) atoms. The Morgan fingerprint density at radius 3 is 3.38 bits per heavy atom. The summed E-state index contributed by atoms with van der Waals surface area (Å²) in [4.78, 5) is 7.25. The lowest BCUT2D eigenvalue weighted by Gasteiger charge is -1.88. The molecule has 0 amide bonds. The highest BCUT2D eigenvalue weighted by atomic mass is 14.8. The molecule has 2 nitrogen and oxygen atoms in total. The lowest BCUT2D eigenvalue weighted by atomic mass is 10.4. The fraction of sp³-hybridized carbons (Fsp3) is 0.333. The molecule has 0 saturated heterocycles. The van der Waals surface area contributed by atoms with Gasteiger partial charge in [0.2, 0.25) is 0 Å². The van der Waals surface area contributed by atoms with Crippen LogP contribution in [0.15, 0.2) is 18.5 Å². The summed E-state index contributed by atoms with van der Waals surface area (Å²) in [5, 5.41) is 0. The SMILES string of the molecule is [2H]c1nc([2H])c(CC)nc1[2H]. The quantitative estimate of drug-likeness (QED) is 0.541. The molecule has 1 rings (SSSR count). The van der Waals surface area contributed by atoms with E-state index in [0.29, 0.717) is 12.1 Å². The number of nitrogens with zero attached hydrogens (tertiary/aromatic N) is 2. The summed E-state index contributed by atoms with van der Waals surface area (Å²) in [6.45, 7) is 1.84. The van der Waals surface area contributed by atoms with Crippen molar-refractivity contribution in [1.82, 2.24) is 9.97 Å². The Morgan fingerprint density at radius 1 is 1.75 bits per heavy atom. The fourth-order valence-corrected chi connectivity index (χ4v) is 0.393. The molecule has 0 spiro atoms. The average Bonchev–Trinajstić information content (AvgIpc) is 1.97. The topological polar surface area (TPSA) is 25.8 Å². The van der Waals surface area contributed by atoms with Crippen LogP contribution in [-0.2, 0) is 6.42 Å². The largest absolute Gasteiger partial charge is 0.261 e. The second-order valence-corrected chi connectivity index (χ2v) is 1.36. The normalized spacial score (nSPS) is 14.4. The number of hydrogen-bond donors (Lipinski definition) is 0. The summed E-state index contributed by atoms with van der Waals surface area (Å²) in [5.41, 5.74) is 0.478. The zero-order chi connectivity index (χ0) is 8.43. The standard InChI is InChI=1S/C6H8N2/c1-2-6-5-7-3-4-8-6/h3-5H,2H2,1H3/i3D,4D,5D. The summed E-state index contributed by atoms with van der Waals surface area (Å²) in [5.74, 6) is 0. The molecule has 42 valence electrons. The Kier molecular flexibility index (Phi) is 0.774. The van der Waals surface area contributed by atoms with E-state index in [9.17, 15) is 0 Å². The molecule has 1 aromatic heterocycles. The molecule has 0 aliphatic heterocycles. The van der Waals surface area contributed by atoms with E-state index in [2.05, 4.69) is 9.97 Å². The first-order chi connectivity index (χ1) is 5.15. The number of hydrogen-bond acceptors (Lipinski definition) is 2. The van der Waals surface area contributed by atoms with Crippen LogP contribution in [0.3, 0.4) is 0 Å². The molecule has 1 aromatic rings. The number of aromatic nitrogens is 2. The van der Waals surface area contributed by atoms with Gasteiger partial charge in [-0.2, -0.15) is 0 Å². The van der Waals surface area contributed by atoms with Crippen LogP contribution < -0.4 is 0 Å². The fourth-order valence-electron chi connectivity index (χ4n) is 0.393. The van der Waals surface area contributed by atoms with Crippen molar-refractivity contribution in [2.24, 2.45) is 0 Å². The Labute approximate surface area is 52.8 Å². The van der Waals surface area contributed by atoms with Crippen LogP contribution in [0.5, 0.6) is 0 Å². The van der Waals surface area contributed by atoms with E-state index in [4.69, 9.17) is 4.11 Å².